The van der Waals surface area contributed by atoms with Gasteiger partial charge in [-0.3, -0.25) is 5.43 Å². The molecule has 0 fully saturated rings. The summed E-state index contributed by atoms with van der Waals surface area (Å²) in [6.45, 7) is 40.5. The van der Waals surface area contributed by atoms with Gasteiger partial charge in [-0.15, -0.1) is 13.2 Å². The molecule has 4 atom stereocenters. The van der Waals surface area contributed by atoms with Crippen molar-refractivity contribution in [3.8, 4) is 0 Å². The lowest BCUT2D eigenvalue weighted by Gasteiger charge is -2.23. The van der Waals surface area contributed by atoms with Crippen LogP contribution in [0.3, 0.4) is 0 Å². The minimum atomic E-state index is 0.854. The fourth-order valence-electron chi connectivity index (χ4n) is 7.58. The van der Waals surface area contributed by atoms with E-state index in [9.17, 15) is 0 Å². The van der Waals surface area contributed by atoms with Gasteiger partial charge in [-0.25, -0.2) is 5.01 Å². The Labute approximate surface area is 336 Å². The van der Waals surface area contributed by atoms with Crippen LogP contribution in [0.25, 0.3) is 0 Å². The van der Waals surface area contributed by atoms with Crippen molar-refractivity contribution in [1.29, 1.82) is 0 Å². The monoisotopic (exact) mass is 739 g/mol. The highest BCUT2D eigenvalue weighted by molar-refractivity contribution is 5.06. The molecule has 312 valence electrons. The van der Waals surface area contributed by atoms with Crippen LogP contribution in [-0.4, -0.2) is 25.1 Å². The van der Waals surface area contributed by atoms with Gasteiger partial charge in [0, 0.05) is 13.1 Å². The Morgan fingerprint density at radius 2 is 0.755 bits per heavy atom. The van der Waals surface area contributed by atoms with Gasteiger partial charge in [-0.1, -0.05) is 193 Å². The topological polar surface area (TPSA) is 15.3 Å². The van der Waals surface area contributed by atoms with E-state index in [1.165, 1.54) is 127 Å². The van der Waals surface area contributed by atoms with Gasteiger partial charge in [0.15, 0.2) is 0 Å². The zero-order valence-electron chi connectivity index (χ0n) is 38.4. The van der Waals surface area contributed by atoms with Crippen molar-refractivity contribution in [3.05, 3.63) is 60.8 Å². The summed E-state index contributed by atoms with van der Waals surface area (Å²) in [6.07, 6.45) is 34.0. The first-order chi connectivity index (χ1) is 25.2. The first-order valence-corrected chi connectivity index (χ1v) is 22.8. The number of nitrogens with one attached hydrogen (secondary N) is 1. The second-order valence-electron chi connectivity index (χ2n) is 18.5. The maximum absolute atomic E-state index is 4.41. The molecule has 1 N–H and O–H groups in total. The second kappa shape index (κ2) is 36.3. The van der Waals surface area contributed by atoms with Gasteiger partial charge in [0.05, 0.1) is 0 Å². The molecule has 0 saturated carbocycles. The van der Waals surface area contributed by atoms with Crippen molar-refractivity contribution in [3.63, 3.8) is 0 Å². The lowest BCUT2D eigenvalue weighted by atomic mass is 9.91. The molecule has 0 amide bonds. The first kappa shape index (κ1) is 53.7. The Morgan fingerprint density at radius 3 is 1.04 bits per heavy atom. The van der Waals surface area contributed by atoms with Crippen LogP contribution in [0, 0.1) is 35.5 Å². The van der Waals surface area contributed by atoms with Crippen LogP contribution in [0.15, 0.2) is 60.8 Å². The molecular weight excluding hydrogens is 641 g/mol. The lowest BCUT2D eigenvalue weighted by molar-refractivity contribution is 0.243. The van der Waals surface area contributed by atoms with Crippen molar-refractivity contribution in [2.75, 3.05) is 20.1 Å². The van der Waals surface area contributed by atoms with Crippen molar-refractivity contribution in [1.82, 2.24) is 10.4 Å². The summed E-state index contributed by atoms with van der Waals surface area (Å²) in [5.41, 5.74) is 9.10. The first-order valence-electron chi connectivity index (χ1n) is 22.8. The molecule has 2 heteroatoms. The standard InChI is InChI=1S/C49H94N2.C2H4/c1-40(2)22-14-24-42(5)26-16-28-44(7)30-18-32-46(9)34-20-36-48(11)38-51(50-13)39-49(12)37-21-35-47(10)33-19-31-45(8)29-17-27-43(6)25-15-23-41(3)4;1-2/h34-35,40-45,50H,11-12,14-33,36-39H2,1-10,13H3;1-2H2/b46-34+,47-35+;. The average Bonchev–Trinajstić information content (AvgIpc) is 3.08. The maximum atomic E-state index is 4.41. The summed E-state index contributed by atoms with van der Waals surface area (Å²) >= 11 is 0. The highest BCUT2D eigenvalue weighted by Gasteiger charge is 2.10. The van der Waals surface area contributed by atoms with E-state index >= 15 is 0 Å². The van der Waals surface area contributed by atoms with Gasteiger partial charge in [0.2, 0.25) is 0 Å². The minimum absolute atomic E-state index is 0.854. The SMILES string of the molecule is C=C.C=C(CC/C=C(\C)CCCC(C)CCCC(C)CCCC(C)C)CN(CC(=C)CC/C=C(\C)CCCC(C)CCCC(C)CCCC(C)C)NC. The van der Waals surface area contributed by atoms with Gasteiger partial charge >= 0.3 is 0 Å². The number of allylic oxidation sites excluding steroid dienone is 4. The Bertz CT molecular complexity index is 851. The summed E-state index contributed by atoms with van der Waals surface area (Å²) in [5, 5.41) is 2.28. The molecule has 0 aliphatic carbocycles. The normalized spacial score (nSPS) is 14.7. The Hall–Kier alpha value is -1.38. The summed E-state index contributed by atoms with van der Waals surface area (Å²) in [7, 11) is 2.03. The largest absolute Gasteiger partial charge is 0.258 e. The smallest absolute Gasteiger partial charge is 0.0342 e. The molecule has 4 unspecified atom stereocenters. The third-order valence-corrected chi connectivity index (χ3v) is 11.4. The zero-order valence-corrected chi connectivity index (χ0v) is 38.4. The number of hydrogen-bond acceptors (Lipinski definition) is 2. The highest BCUT2D eigenvalue weighted by atomic mass is 15.5. The third kappa shape index (κ3) is 37.3. The molecule has 0 aliphatic heterocycles. The lowest BCUT2D eigenvalue weighted by Crippen LogP contribution is -2.37. The molecule has 0 saturated heterocycles. The molecule has 53 heavy (non-hydrogen) atoms. The third-order valence-electron chi connectivity index (χ3n) is 11.4. The number of nitrogens with zero attached hydrogens (tertiary/aromatic N) is 1. The Balaban J connectivity index is 0. The summed E-state index contributed by atoms with van der Waals surface area (Å²) in [6, 6.07) is 0. The van der Waals surface area contributed by atoms with Crippen LogP contribution < -0.4 is 5.43 Å². The van der Waals surface area contributed by atoms with Crippen LogP contribution in [0.5, 0.6) is 0 Å². The van der Waals surface area contributed by atoms with E-state index in [1.54, 1.807) is 11.1 Å². The Kier molecular flexibility index (Phi) is 36.8. The van der Waals surface area contributed by atoms with E-state index in [0.29, 0.717) is 0 Å². The van der Waals surface area contributed by atoms with E-state index in [-0.39, 0.29) is 0 Å². The van der Waals surface area contributed by atoms with Crippen molar-refractivity contribution < 1.29 is 0 Å². The van der Waals surface area contributed by atoms with Crippen molar-refractivity contribution in [2.45, 2.75) is 210 Å². The van der Waals surface area contributed by atoms with E-state index in [2.05, 4.69) is 118 Å². The predicted octanol–water partition coefficient (Wildman–Crippen LogP) is 16.7. The second-order valence-corrected chi connectivity index (χ2v) is 18.5. The van der Waals surface area contributed by atoms with E-state index in [1.807, 2.05) is 7.05 Å². The zero-order chi connectivity index (χ0) is 40.4. The van der Waals surface area contributed by atoms with Gasteiger partial charge in [-0.05, 0) is 108 Å². The van der Waals surface area contributed by atoms with Crippen molar-refractivity contribution >= 4 is 0 Å². The van der Waals surface area contributed by atoms with Crippen LogP contribution in [0.2, 0.25) is 0 Å². The average molecular weight is 739 g/mol. The molecule has 0 aromatic rings. The van der Waals surface area contributed by atoms with Gasteiger partial charge in [0.25, 0.3) is 0 Å². The molecule has 0 heterocycles. The molecule has 2 nitrogen and oxygen atoms in total. The van der Waals surface area contributed by atoms with E-state index in [0.717, 1.165) is 74.3 Å². The molecule has 0 aromatic carbocycles. The minimum Gasteiger partial charge on any atom is -0.258 e. The predicted molar refractivity (Wildman–Crippen MR) is 246 cm³/mol. The van der Waals surface area contributed by atoms with E-state index < -0.39 is 0 Å². The van der Waals surface area contributed by atoms with Gasteiger partial charge in [-0.2, -0.15) is 0 Å². The fraction of sp³-hybridized carbons (Fsp3) is 0.804. The molecule has 0 spiro atoms. The molecule has 0 bridgehead atoms. The van der Waals surface area contributed by atoms with Gasteiger partial charge in [0.1, 0.15) is 0 Å². The molecule has 0 aliphatic rings. The molecular formula is C51H98N2. The van der Waals surface area contributed by atoms with E-state index in [4.69, 9.17) is 0 Å². The maximum Gasteiger partial charge on any atom is 0.0342 e. The van der Waals surface area contributed by atoms with Crippen molar-refractivity contribution in [2.24, 2.45) is 35.5 Å². The number of hydrogen-bond donors (Lipinski definition) is 1. The van der Waals surface area contributed by atoms with Crippen LogP contribution in [0.1, 0.15) is 210 Å². The fourth-order valence-corrected chi connectivity index (χ4v) is 7.58. The summed E-state index contributed by atoms with van der Waals surface area (Å²) < 4.78 is 0. The molecule has 0 rings (SSSR count). The number of rotatable bonds is 35. The number of hydrazine groups is 1. The molecule has 0 radical (unpaired) electrons. The Morgan fingerprint density at radius 1 is 0.472 bits per heavy atom. The van der Waals surface area contributed by atoms with Gasteiger partial charge < -0.3 is 0 Å². The summed E-state index contributed by atoms with van der Waals surface area (Å²) in [4.78, 5) is 0. The van der Waals surface area contributed by atoms with Crippen LogP contribution >= 0.6 is 0 Å². The van der Waals surface area contributed by atoms with Crippen LogP contribution in [0.4, 0.5) is 0 Å². The summed E-state index contributed by atoms with van der Waals surface area (Å²) in [5.74, 6) is 5.23. The quantitative estimate of drug-likeness (QED) is 0.0514. The highest BCUT2D eigenvalue weighted by Crippen LogP contribution is 2.24. The molecule has 0 aromatic heterocycles. The van der Waals surface area contributed by atoms with Crippen LogP contribution in [-0.2, 0) is 0 Å².